The van der Waals surface area contributed by atoms with Crippen molar-refractivity contribution < 1.29 is 23.6 Å². The molecule has 1 amide bonds. The molecule has 2 atom stereocenters. The van der Waals surface area contributed by atoms with E-state index in [-0.39, 0.29) is 11.7 Å². The quantitative estimate of drug-likeness (QED) is 0.795. The van der Waals surface area contributed by atoms with Gasteiger partial charge in [-0.2, -0.15) is 0 Å². The van der Waals surface area contributed by atoms with E-state index in [4.69, 9.17) is 9.84 Å². The Morgan fingerprint density at radius 2 is 1.95 bits per heavy atom. The van der Waals surface area contributed by atoms with Crippen LogP contribution in [-0.2, 0) is 20.4 Å². The predicted molar refractivity (Wildman–Crippen MR) is 80.9 cm³/mol. The van der Waals surface area contributed by atoms with Crippen molar-refractivity contribution in [3.8, 4) is 5.75 Å². The lowest BCUT2D eigenvalue weighted by atomic mass is 10.1. The van der Waals surface area contributed by atoms with Crippen molar-refractivity contribution in [3.63, 3.8) is 0 Å². The Morgan fingerprint density at radius 3 is 2.48 bits per heavy atom. The average Bonchev–Trinajstić information content (AvgIpc) is 2.37. The van der Waals surface area contributed by atoms with Gasteiger partial charge in [-0.25, -0.2) is 0 Å². The highest BCUT2D eigenvalue weighted by Crippen LogP contribution is 2.23. The molecule has 0 aliphatic rings. The van der Waals surface area contributed by atoms with Crippen LogP contribution in [0.15, 0.2) is 24.3 Å². The third kappa shape index (κ3) is 4.86. The van der Waals surface area contributed by atoms with Gasteiger partial charge in [0.1, 0.15) is 16.8 Å². The molecule has 1 aromatic carbocycles. The second-order valence-electron chi connectivity index (χ2n) is 4.78. The number of carbonyl (C=O) groups excluding carboxylic acids is 1. The summed E-state index contributed by atoms with van der Waals surface area (Å²) < 4.78 is 17.1. The van der Waals surface area contributed by atoms with E-state index in [0.29, 0.717) is 11.4 Å². The molecule has 0 spiro atoms. The van der Waals surface area contributed by atoms with E-state index in [0.717, 1.165) is 0 Å². The summed E-state index contributed by atoms with van der Waals surface area (Å²) in [6, 6.07) is 6.81. The molecule has 2 unspecified atom stereocenters. The number of carbonyl (C=O) groups is 2. The molecular weight excluding hydrogens is 294 g/mol. The molecule has 0 aliphatic carbocycles. The van der Waals surface area contributed by atoms with E-state index < -0.39 is 27.9 Å². The number of ether oxygens (including phenoxy) is 1. The highest BCUT2D eigenvalue weighted by molar-refractivity contribution is 7.87. The Morgan fingerprint density at radius 1 is 1.33 bits per heavy atom. The third-order valence-corrected chi connectivity index (χ3v) is 4.65. The Kier molecular flexibility index (Phi) is 6.36. The number of hydrogen-bond donors (Lipinski definition) is 2. The number of para-hydroxylation sites is 2. The molecule has 0 saturated carbocycles. The highest BCUT2D eigenvalue weighted by Gasteiger charge is 2.29. The maximum Gasteiger partial charge on any atom is 0.319 e. The fraction of sp³-hybridized carbons (Fsp3) is 0.429. The van der Waals surface area contributed by atoms with Gasteiger partial charge in [0.05, 0.1) is 12.8 Å². The van der Waals surface area contributed by atoms with Crippen LogP contribution in [0.1, 0.15) is 13.8 Å². The standard InChI is InChI=1S/C14H19NO5S/c1-9(2)13(14(17)18)21(19)8-12(16)15-10-6-4-5-7-11(10)20-3/h4-7,9,13H,8H2,1-3H3,(H,15,16)(H,17,18). The molecule has 116 valence electrons. The number of nitrogens with one attached hydrogen (secondary N) is 1. The molecule has 0 heterocycles. The molecule has 0 aromatic heterocycles. The molecule has 1 rings (SSSR count). The molecule has 1 aromatic rings. The number of aliphatic carboxylic acids is 1. The minimum absolute atomic E-state index is 0.317. The number of hydrogen-bond acceptors (Lipinski definition) is 4. The summed E-state index contributed by atoms with van der Waals surface area (Å²) in [5.74, 6) is -1.87. The number of benzene rings is 1. The van der Waals surface area contributed by atoms with Gasteiger partial charge >= 0.3 is 5.97 Å². The first-order valence-corrected chi connectivity index (χ1v) is 7.77. The maximum atomic E-state index is 12.0. The Hall–Kier alpha value is -1.89. The van der Waals surface area contributed by atoms with Crippen molar-refractivity contribution in [3.05, 3.63) is 24.3 Å². The van der Waals surface area contributed by atoms with Crippen LogP contribution >= 0.6 is 0 Å². The molecule has 0 bridgehead atoms. The third-order valence-electron chi connectivity index (χ3n) is 2.79. The van der Waals surface area contributed by atoms with Gasteiger partial charge < -0.3 is 15.2 Å². The van der Waals surface area contributed by atoms with Gasteiger partial charge in [0, 0.05) is 10.8 Å². The monoisotopic (exact) mass is 313 g/mol. The average molecular weight is 313 g/mol. The molecule has 21 heavy (non-hydrogen) atoms. The molecule has 7 heteroatoms. The normalized spacial score (nSPS) is 13.5. The van der Waals surface area contributed by atoms with E-state index in [9.17, 15) is 13.8 Å². The molecule has 0 fully saturated rings. The number of methoxy groups -OCH3 is 1. The fourth-order valence-corrected chi connectivity index (χ4v) is 3.20. The SMILES string of the molecule is COc1ccccc1NC(=O)CS(=O)C(C(=O)O)C(C)C. The molecule has 0 aliphatic heterocycles. The van der Waals surface area contributed by atoms with E-state index in [1.54, 1.807) is 38.1 Å². The highest BCUT2D eigenvalue weighted by atomic mass is 32.2. The summed E-state index contributed by atoms with van der Waals surface area (Å²) in [6.07, 6.45) is 0. The van der Waals surface area contributed by atoms with Crippen LogP contribution in [0.4, 0.5) is 5.69 Å². The number of carboxylic acid groups (broad SMARTS) is 1. The van der Waals surface area contributed by atoms with Crippen molar-refractivity contribution in [1.29, 1.82) is 0 Å². The molecule has 0 radical (unpaired) electrons. The van der Waals surface area contributed by atoms with Gasteiger partial charge in [-0.1, -0.05) is 26.0 Å². The van der Waals surface area contributed by atoms with E-state index in [1.807, 2.05) is 0 Å². The van der Waals surface area contributed by atoms with Crippen LogP contribution in [-0.4, -0.2) is 39.3 Å². The summed E-state index contributed by atoms with van der Waals surface area (Å²) in [5.41, 5.74) is 0.457. The van der Waals surface area contributed by atoms with Gasteiger partial charge in [-0.15, -0.1) is 0 Å². The molecule has 0 saturated heterocycles. The maximum absolute atomic E-state index is 12.0. The Bertz CT molecular complexity index is 544. The van der Waals surface area contributed by atoms with Crippen molar-refractivity contribution >= 4 is 28.4 Å². The van der Waals surface area contributed by atoms with Crippen molar-refractivity contribution in [1.82, 2.24) is 0 Å². The van der Waals surface area contributed by atoms with Crippen LogP contribution in [0.5, 0.6) is 5.75 Å². The lowest BCUT2D eigenvalue weighted by Gasteiger charge is -2.16. The number of amides is 1. The van der Waals surface area contributed by atoms with Crippen molar-refractivity contribution in [2.45, 2.75) is 19.1 Å². The van der Waals surface area contributed by atoms with E-state index in [1.165, 1.54) is 7.11 Å². The number of carboxylic acids is 1. The number of anilines is 1. The molecule has 2 N–H and O–H groups in total. The van der Waals surface area contributed by atoms with Crippen LogP contribution in [0, 0.1) is 5.92 Å². The molecule has 6 nitrogen and oxygen atoms in total. The van der Waals surface area contributed by atoms with Gasteiger partial charge in [-0.05, 0) is 18.1 Å². The van der Waals surface area contributed by atoms with Gasteiger partial charge in [-0.3, -0.25) is 13.8 Å². The first kappa shape index (κ1) is 17.2. The second-order valence-corrected chi connectivity index (χ2v) is 6.33. The van der Waals surface area contributed by atoms with Crippen LogP contribution in [0.3, 0.4) is 0 Å². The first-order valence-electron chi connectivity index (χ1n) is 6.39. The van der Waals surface area contributed by atoms with Gasteiger partial charge in [0.15, 0.2) is 0 Å². The van der Waals surface area contributed by atoms with Crippen molar-refractivity contribution in [2.75, 3.05) is 18.2 Å². The zero-order valence-electron chi connectivity index (χ0n) is 12.2. The predicted octanol–water partition coefficient (Wildman–Crippen LogP) is 1.49. The number of rotatable bonds is 7. The summed E-state index contributed by atoms with van der Waals surface area (Å²) in [4.78, 5) is 23.0. The van der Waals surface area contributed by atoms with E-state index in [2.05, 4.69) is 5.32 Å². The van der Waals surface area contributed by atoms with E-state index >= 15 is 0 Å². The largest absolute Gasteiger partial charge is 0.495 e. The topological polar surface area (TPSA) is 92.7 Å². The van der Waals surface area contributed by atoms with Crippen molar-refractivity contribution in [2.24, 2.45) is 5.92 Å². The molecular formula is C14H19NO5S. The summed E-state index contributed by atoms with van der Waals surface area (Å²) in [5, 5.41) is 10.6. The van der Waals surface area contributed by atoms with Crippen LogP contribution in [0.2, 0.25) is 0 Å². The zero-order chi connectivity index (χ0) is 16.0. The van der Waals surface area contributed by atoms with Crippen LogP contribution in [0.25, 0.3) is 0 Å². The lowest BCUT2D eigenvalue weighted by Crippen LogP contribution is -2.35. The Labute approximate surface area is 126 Å². The lowest BCUT2D eigenvalue weighted by molar-refractivity contribution is -0.137. The summed E-state index contributed by atoms with van der Waals surface area (Å²) in [6.45, 7) is 3.32. The minimum Gasteiger partial charge on any atom is -0.495 e. The second kappa shape index (κ2) is 7.78. The summed E-state index contributed by atoms with van der Waals surface area (Å²) >= 11 is 0. The van der Waals surface area contributed by atoms with Crippen LogP contribution < -0.4 is 10.1 Å². The zero-order valence-corrected chi connectivity index (χ0v) is 13.0. The minimum atomic E-state index is -1.78. The Balaban J connectivity index is 2.73. The van der Waals surface area contributed by atoms with Gasteiger partial charge in [0.25, 0.3) is 0 Å². The summed E-state index contributed by atoms with van der Waals surface area (Å²) in [7, 11) is -0.308. The first-order chi connectivity index (χ1) is 9.86. The van der Waals surface area contributed by atoms with Gasteiger partial charge in [0.2, 0.25) is 5.91 Å². The fourth-order valence-electron chi connectivity index (χ4n) is 1.85. The smallest absolute Gasteiger partial charge is 0.319 e.